The zero-order chi connectivity index (χ0) is 17.1. The number of fused-ring (bicyclic) bond motifs is 2. The first-order chi connectivity index (χ1) is 12.3. The van der Waals surface area contributed by atoms with Gasteiger partial charge in [-0.15, -0.1) is 0 Å². The highest BCUT2D eigenvalue weighted by atomic mass is 16.7. The van der Waals surface area contributed by atoms with E-state index in [1.807, 2.05) is 42.6 Å². The Morgan fingerprint density at radius 3 is 2.96 bits per heavy atom. The van der Waals surface area contributed by atoms with E-state index in [0.29, 0.717) is 12.3 Å². The molecule has 2 heterocycles. The molecule has 0 radical (unpaired) electrons. The van der Waals surface area contributed by atoms with E-state index in [1.165, 1.54) is 10.9 Å². The fourth-order valence-electron chi connectivity index (χ4n) is 2.93. The second kappa shape index (κ2) is 6.76. The van der Waals surface area contributed by atoms with Crippen molar-refractivity contribution in [1.29, 1.82) is 0 Å². The summed E-state index contributed by atoms with van der Waals surface area (Å²) in [6.07, 6.45) is 2.79. The van der Waals surface area contributed by atoms with E-state index < -0.39 is 0 Å². The van der Waals surface area contributed by atoms with Gasteiger partial charge in [-0.25, -0.2) is 0 Å². The van der Waals surface area contributed by atoms with Crippen molar-refractivity contribution in [3.05, 3.63) is 54.2 Å². The number of hydrogen-bond acceptors (Lipinski definition) is 4. The Bertz CT molecular complexity index is 904. The highest BCUT2D eigenvalue weighted by molar-refractivity contribution is 5.83. The van der Waals surface area contributed by atoms with Gasteiger partial charge in [0.15, 0.2) is 11.5 Å². The zero-order valence-electron chi connectivity index (χ0n) is 13.7. The molecule has 0 aliphatic carbocycles. The summed E-state index contributed by atoms with van der Waals surface area (Å²) >= 11 is 0. The number of aromatic amines is 1. The summed E-state index contributed by atoms with van der Waals surface area (Å²) in [5.74, 6) is 1.39. The van der Waals surface area contributed by atoms with Gasteiger partial charge < -0.3 is 25.1 Å². The van der Waals surface area contributed by atoms with Gasteiger partial charge in [0.25, 0.3) is 0 Å². The molecule has 3 aromatic rings. The molecule has 2 aromatic carbocycles. The van der Waals surface area contributed by atoms with Crippen LogP contribution in [-0.2, 0) is 11.2 Å². The molecule has 6 nitrogen and oxygen atoms in total. The van der Waals surface area contributed by atoms with Gasteiger partial charge in [-0.2, -0.15) is 0 Å². The topological polar surface area (TPSA) is 75.4 Å². The summed E-state index contributed by atoms with van der Waals surface area (Å²) in [5, 5.41) is 7.23. The maximum absolute atomic E-state index is 12.0. The molecule has 1 aliphatic rings. The van der Waals surface area contributed by atoms with Gasteiger partial charge in [-0.1, -0.05) is 18.2 Å². The van der Waals surface area contributed by atoms with Crippen LogP contribution < -0.4 is 20.1 Å². The molecule has 25 heavy (non-hydrogen) atoms. The van der Waals surface area contributed by atoms with Crippen LogP contribution >= 0.6 is 0 Å². The van der Waals surface area contributed by atoms with Crippen molar-refractivity contribution in [3.8, 4) is 11.5 Å². The minimum atomic E-state index is -0.0440. The maximum atomic E-state index is 12.0. The van der Waals surface area contributed by atoms with Gasteiger partial charge in [0, 0.05) is 35.4 Å². The van der Waals surface area contributed by atoms with Crippen LogP contribution in [0, 0.1) is 0 Å². The van der Waals surface area contributed by atoms with Crippen molar-refractivity contribution in [3.63, 3.8) is 0 Å². The molecule has 6 heteroatoms. The number of anilines is 1. The first-order valence-corrected chi connectivity index (χ1v) is 8.25. The Morgan fingerprint density at radius 2 is 2.00 bits per heavy atom. The molecule has 0 spiro atoms. The van der Waals surface area contributed by atoms with Crippen molar-refractivity contribution in [1.82, 2.24) is 10.3 Å². The van der Waals surface area contributed by atoms with Gasteiger partial charge in [-0.05, 0) is 30.2 Å². The second-order valence-corrected chi connectivity index (χ2v) is 5.88. The molecule has 1 aromatic heterocycles. The van der Waals surface area contributed by atoms with Gasteiger partial charge in [-0.3, -0.25) is 4.79 Å². The molecular formula is C19H19N3O3. The van der Waals surface area contributed by atoms with E-state index in [1.54, 1.807) is 0 Å². The summed E-state index contributed by atoms with van der Waals surface area (Å²) < 4.78 is 10.6. The number of carbonyl (C=O) groups excluding carboxylic acids is 1. The van der Waals surface area contributed by atoms with E-state index in [4.69, 9.17) is 9.47 Å². The predicted octanol–water partition coefficient (Wildman–Crippen LogP) is 2.67. The molecule has 4 rings (SSSR count). The molecule has 0 saturated heterocycles. The average Bonchev–Trinajstić information content (AvgIpc) is 3.26. The van der Waals surface area contributed by atoms with Gasteiger partial charge in [0.1, 0.15) is 0 Å². The lowest BCUT2D eigenvalue weighted by molar-refractivity contribution is -0.119. The number of nitrogens with one attached hydrogen (secondary N) is 3. The third-order valence-corrected chi connectivity index (χ3v) is 4.22. The lowest BCUT2D eigenvalue weighted by atomic mass is 10.1. The van der Waals surface area contributed by atoms with Crippen molar-refractivity contribution in [2.24, 2.45) is 0 Å². The van der Waals surface area contributed by atoms with Crippen LogP contribution in [-0.4, -0.2) is 30.8 Å². The number of carbonyl (C=O) groups is 1. The van der Waals surface area contributed by atoms with Crippen LogP contribution in [0.15, 0.2) is 48.7 Å². The molecule has 3 N–H and O–H groups in total. The Hall–Kier alpha value is -3.15. The number of benzene rings is 2. The highest BCUT2D eigenvalue weighted by Gasteiger charge is 2.13. The number of ether oxygens (including phenoxy) is 2. The van der Waals surface area contributed by atoms with Gasteiger partial charge >= 0.3 is 0 Å². The fraction of sp³-hybridized carbons (Fsp3) is 0.211. The monoisotopic (exact) mass is 337 g/mol. The first-order valence-electron chi connectivity index (χ1n) is 8.25. The Kier molecular flexibility index (Phi) is 4.16. The molecule has 1 aliphatic heterocycles. The number of rotatable bonds is 6. The van der Waals surface area contributed by atoms with Crippen molar-refractivity contribution >= 4 is 22.5 Å². The van der Waals surface area contributed by atoms with Crippen LogP contribution in [0.4, 0.5) is 5.69 Å². The molecule has 0 unspecified atom stereocenters. The third-order valence-electron chi connectivity index (χ3n) is 4.22. The van der Waals surface area contributed by atoms with E-state index in [0.717, 1.165) is 23.4 Å². The molecule has 128 valence electrons. The molecule has 0 atom stereocenters. The van der Waals surface area contributed by atoms with Crippen LogP contribution in [0.5, 0.6) is 11.5 Å². The standard InChI is InChI=1S/C19H19N3O3/c23-19(11-21-14-5-6-17-18(9-14)25-12-24-17)20-8-7-13-10-22-16-4-2-1-3-15(13)16/h1-6,9-10,21-22H,7-8,11-12H2,(H,20,23). The molecule has 0 fully saturated rings. The van der Waals surface area contributed by atoms with Crippen LogP contribution in [0.2, 0.25) is 0 Å². The summed E-state index contributed by atoms with van der Waals surface area (Å²) in [6, 6.07) is 13.7. The first kappa shape index (κ1) is 15.4. The second-order valence-electron chi connectivity index (χ2n) is 5.88. The molecule has 1 amide bonds. The SMILES string of the molecule is O=C(CNc1ccc2c(c1)OCO2)NCCc1c[nH]c2ccccc12. The summed E-state index contributed by atoms with van der Waals surface area (Å²) in [6.45, 7) is 1.06. The summed E-state index contributed by atoms with van der Waals surface area (Å²) in [7, 11) is 0. The van der Waals surface area contributed by atoms with Crippen molar-refractivity contribution < 1.29 is 14.3 Å². The maximum Gasteiger partial charge on any atom is 0.239 e. The zero-order valence-corrected chi connectivity index (χ0v) is 13.7. The highest BCUT2D eigenvalue weighted by Crippen LogP contribution is 2.34. The van der Waals surface area contributed by atoms with Crippen molar-refractivity contribution in [2.45, 2.75) is 6.42 Å². The van der Waals surface area contributed by atoms with Gasteiger partial charge in [0.2, 0.25) is 12.7 Å². The average molecular weight is 337 g/mol. The molecule has 0 saturated carbocycles. The van der Waals surface area contributed by atoms with Crippen LogP contribution in [0.3, 0.4) is 0 Å². The number of hydrogen-bond donors (Lipinski definition) is 3. The van der Waals surface area contributed by atoms with E-state index in [9.17, 15) is 4.79 Å². The summed E-state index contributed by atoms with van der Waals surface area (Å²) in [4.78, 5) is 15.3. The molecule has 0 bridgehead atoms. The smallest absolute Gasteiger partial charge is 0.239 e. The number of H-pyrrole nitrogens is 1. The van der Waals surface area contributed by atoms with Gasteiger partial charge in [0.05, 0.1) is 6.54 Å². The molecular weight excluding hydrogens is 318 g/mol. The largest absolute Gasteiger partial charge is 0.454 e. The third kappa shape index (κ3) is 3.38. The lowest BCUT2D eigenvalue weighted by Crippen LogP contribution is -2.31. The fourth-order valence-corrected chi connectivity index (χ4v) is 2.93. The summed E-state index contributed by atoms with van der Waals surface area (Å²) in [5.41, 5.74) is 3.16. The minimum absolute atomic E-state index is 0.0440. The number of aromatic nitrogens is 1. The Balaban J connectivity index is 1.25. The lowest BCUT2D eigenvalue weighted by Gasteiger charge is -2.08. The van der Waals surface area contributed by atoms with E-state index >= 15 is 0 Å². The Morgan fingerprint density at radius 1 is 1.12 bits per heavy atom. The quantitative estimate of drug-likeness (QED) is 0.646. The number of para-hydroxylation sites is 1. The van der Waals surface area contributed by atoms with Crippen LogP contribution in [0.1, 0.15) is 5.56 Å². The predicted molar refractivity (Wildman–Crippen MR) is 96.1 cm³/mol. The van der Waals surface area contributed by atoms with E-state index in [-0.39, 0.29) is 19.2 Å². The Labute approximate surface area is 145 Å². The van der Waals surface area contributed by atoms with Crippen molar-refractivity contribution in [2.75, 3.05) is 25.2 Å². The number of amides is 1. The normalized spacial score (nSPS) is 12.3. The van der Waals surface area contributed by atoms with E-state index in [2.05, 4.69) is 21.7 Å². The van der Waals surface area contributed by atoms with Crippen LogP contribution in [0.25, 0.3) is 10.9 Å². The minimum Gasteiger partial charge on any atom is -0.454 e.